The molecule has 2 heterocycles. The first-order valence-corrected chi connectivity index (χ1v) is 11.5. The number of aromatic nitrogens is 1. The molecule has 2 aromatic rings. The van der Waals surface area contributed by atoms with Crippen LogP contribution in [-0.4, -0.2) is 22.8 Å². The van der Waals surface area contributed by atoms with E-state index < -0.39 is 0 Å². The number of anilines is 1. The molecule has 154 valence electrons. The maximum Gasteiger partial charge on any atom is 0.231 e. The number of carbonyl (C=O) groups is 2. The van der Waals surface area contributed by atoms with Crippen molar-refractivity contribution in [2.24, 2.45) is 11.8 Å². The highest BCUT2D eigenvalue weighted by Gasteiger charge is 2.41. The monoisotopic (exact) mass is 411 g/mol. The van der Waals surface area contributed by atoms with Crippen molar-refractivity contribution in [3.8, 4) is 0 Å². The third-order valence-electron chi connectivity index (χ3n) is 6.23. The fourth-order valence-electron chi connectivity index (χ4n) is 4.77. The molecule has 2 aliphatic rings. The van der Waals surface area contributed by atoms with E-state index in [0.717, 1.165) is 48.5 Å². The Morgan fingerprint density at radius 3 is 2.66 bits per heavy atom. The minimum atomic E-state index is -0.264. The highest BCUT2D eigenvalue weighted by atomic mass is 32.1. The Bertz CT molecular complexity index is 909. The van der Waals surface area contributed by atoms with E-state index in [-0.39, 0.29) is 35.7 Å². The number of aryl methyl sites for hydroxylation is 1. The van der Waals surface area contributed by atoms with Gasteiger partial charge in [-0.2, -0.15) is 0 Å². The van der Waals surface area contributed by atoms with Crippen molar-refractivity contribution in [1.29, 1.82) is 0 Å². The van der Waals surface area contributed by atoms with Crippen LogP contribution in [0.15, 0.2) is 29.6 Å². The summed E-state index contributed by atoms with van der Waals surface area (Å²) in [5.74, 6) is -0.411. The SMILES string of the molecule is Cc1csc([C@H](C)NC(=O)[C@@H]2CCCC[C@@H]2C(=O)N2c3ccccc3C[C@@H]2C)n1. The number of thiazole rings is 1. The predicted molar refractivity (Wildman–Crippen MR) is 116 cm³/mol. The number of nitrogens with one attached hydrogen (secondary N) is 1. The van der Waals surface area contributed by atoms with E-state index in [2.05, 4.69) is 23.3 Å². The number of benzene rings is 1. The van der Waals surface area contributed by atoms with Gasteiger partial charge in [-0.3, -0.25) is 9.59 Å². The van der Waals surface area contributed by atoms with Gasteiger partial charge in [0.2, 0.25) is 11.8 Å². The van der Waals surface area contributed by atoms with Gasteiger partial charge in [-0.25, -0.2) is 4.98 Å². The number of amides is 2. The fourth-order valence-corrected chi connectivity index (χ4v) is 5.58. The quantitative estimate of drug-likeness (QED) is 0.810. The zero-order valence-electron chi connectivity index (χ0n) is 17.4. The van der Waals surface area contributed by atoms with Crippen LogP contribution < -0.4 is 10.2 Å². The van der Waals surface area contributed by atoms with Crippen LogP contribution in [0.3, 0.4) is 0 Å². The van der Waals surface area contributed by atoms with Crippen molar-refractivity contribution in [2.75, 3.05) is 4.90 Å². The van der Waals surface area contributed by atoms with E-state index in [1.165, 1.54) is 5.56 Å². The van der Waals surface area contributed by atoms with Gasteiger partial charge >= 0.3 is 0 Å². The van der Waals surface area contributed by atoms with E-state index in [1.807, 2.05) is 42.3 Å². The summed E-state index contributed by atoms with van der Waals surface area (Å²) in [6.45, 7) is 6.02. The largest absolute Gasteiger partial charge is 0.347 e. The molecule has 0 saturated heterocycles. The number of nitrogens with zero attached hydrogens (tertiary/aromatic N) is 2. The average Bonchev–Trinajstić information content (AvgIpc) is 3.29. The zero-order valence-corrected chi connectivity index (χ0v) is 18.2. The molecule has 5 nitrogen and oxygen atoms in total. The number of carbonyl (C=O) groups excluding carboxylic acids is 2. The minimum absolute atomic E-state index is 0.0106. The zero-order chi connectivity index (χ0) is 20.5. The van der Waals surface area contributed by atoms with Gasteiger partial charge in [0, 0.05) is 28.7 Å². The molecule has 0 radical (unpaired) electrons. The lowest BCUT2D eigenvalue weighted by atomic mass is 9.77. The number of para-hydroxylation sites is 1. The van der Waals surface area contributed by atoms with Crippen LogP contribution in [0.4, 0.5) is 5.69 Å². The van der Waals surface area contributed by atoms with E-state index in [0.29, 0.717) is 0 Å². The maximum atomic E-state index is 13.6. The van der Waals surface area contributed by atoms with Crippen LogP contribution in [0.1, 0.15) is 61.8 Å². The van der Waals surface area contributed by atoms with Crippen molar-refractivity contribution < 1.29 is 9.59 Å². The molecule has 1 aromatic carbocycles. The lowest BCUT2D eigenvalue weighted by Crippen LogP contribution is -2.47. The maximum absolute atomic E-state index is 13.6. The first-order valence-electron chi connectivity index (χ1n) is 10.6. The summed E-state index contributed by atoms with van der Waals surface area (Å²) < 4.78 is 0. The minimum Gasteiger partial charge on any atom is -0.347 e. The van der Waals surface area contributed by atoms with E-state index in [1.54, 1.807) is 11.3 Å². The summed E-state index contributed by atoms with van der Waals surface area (Å²) in [6, 6.07) is 8.15. The lowest BCUT2D eigenvalue weighted by Gasteiger charge is -2.34. The van der Waals surface area contributed by atoms with Crippen LogP contribution in [0, 0.1) is 18.8 Å². The van der Waals surface area contributed by atoms with Gasteiger partial charge in [0.15, 0.2) is 0 Å². The molecule has 2 amide bonds. The molecule has 1 N–H and O–H groups in total. The Hall–Kier alpha value is -2.21. The van der Waals surface area contributed by atoms with Crippen molar-refractivity contribution in [2.45, 2.75) is 65.0 Å². The van der Waals surface area contributed by atoms with Gasteiger partial charge in [0.25, 0.3) is 0 Å². The Kier molecular flexibility index (Phi) is 5.72. The molecule has 1 aromatic heterocycles. The first-order chi connectivity index (χ1) is 14.0. The fraction of sp³-hybridized carbons (Fsp3) is 0.522. The van der Waals surface area contributed by atoms with Crippen molar-refractivity contribution in [3.63, 3.8) is 0 Å². The number of hydrogen-bond donors (Lipinski definition) is 1. The summed E-state index contributed by atoms with van der Waals surface area (Å²) in [6.07, 6.45) is 4.44. The normalized spacial score (nSPS) is 24.8. The van der Waals surface area contributed by atoms with E-state index in [4.69, 9.17) is 0 Å². The highest BCUT2D eigenvalue weighted by molar-refractivity contribution is 7.09. The van der Waals surface area contributed by atoms with Gasteiger partial charge in [0.1, 0.15) is 5.01 Å². The summed E-state index contributed by atoms with van der Waals surface area (Å²) in [7, 11) is 0. The van der Waals surface area contributed by atoms with Crippen LogP contribution in [0.5, 0.6) is 0 Å². The second-order valence-corrected chi connectivity index (χ2v) is 9.33. The third-order valence-corrected chi connectivity index (χ3v) is 7.38. The summed E-state index contributed by atoms with van der Waals surface area (Å²) in [4.78, 5) is 33.2. The Morgan fingerprint density at radius 2 is 1.93 bits per heavy atom. The third kappa shape index (κ3) is 3.95. The van der Waals surface area contributed by atoms with Gasteiger partial charge in [0.05, 0.1) is 12.0 Å². The second kappa shape index (κ2) is 8.27. The molecule has 29 heavy (non-hydrogen) atoms. The molecule has 1 aliphatic heterocycles. The number of hydrogen-bond acceptors (Lipinski definition) is 4. The van der Waals surface area contributed by atoms with Crippen LogP contribution in [-0.2, 0) is 16.0 Å². The van der Waals surface area contributed by atoms with Crippen LogP contribution in [0.25, 0.3) is 0 Å². The molecule has 0 spiro atoms. The molecule has 4 atom stereocenters. The lowest BCUT2D eigenvalue weighted by molar-refractivity contribution is -0.135. The molecule has 0 unspecified atom stereocenters. The van der Waals surface area contributed by atoms with Crippen molar-refractivity contribution in [3.05, 3.63) is 45.9 Å². The van der Waals surface area contributed by atoms with Crippen molar-refractivity contribution >= 4 is 28.8 Å². The molecule has 6 heteroatoms. The smallest absolute Gasteiger partial charge is 0.231 e. The first kappa shape index (κ1) is 20.1. The van der Waals surface area contributed by atoms with Gasteiger partial charge in [-0.15, -0.1) is 11.3 Å². The number of rotatable bonds is 4. The molecule has 4 rings (SSSR count). The molecule has 1 fully saturated rings. The summed E-state index contributed by atoms with van der Waals surface area (Å²) in [5, 5.41) is 6.03. The van der Waals surface area contributed by atoms with Gasteiger partial charge in [-0.1, -0.05) is 31.0 Å². The molecular formula is C23H29N3O2S. The summed E-state index contributed by atoms with van der Waals surface area (Å²) >= 11 is 1.57. The van der Waals surface area contributed by atoms with Crippen LogP contribution >= 0.6 is 11.3 Å². The average molecular weight is 412 g/mol. The topological polar surface area (TPSA) is 62.3 Å². The molecule has 1 saturated carbocycles. The Labute approximate surface area is 176 Å². The van der Waals surface area contributed by atoms with E-state index in [9.17, 15) is 9.59 Å². The van der Waals surface area contributed by atoms with Crippen LogP contribution in [0.2, 0.25) is 0 Å². The molecule has 0 bridgehead atoms. The van der Waals surface area contributed by atoms with Gasteiger partial charge < -0.3 is 10.2 Å². The molecular weight excluding hydrogens is 382 g/mol. The second-order valence-electron chi connectivity index (χ2n) is 8.44. The Morgan fingerprint density at radius 1 is 1.21 bits per heavy atom. The van der Waals surface area contributed by atoms with E-state index >= 15 is 0 Å². The number of fused-ring (bicyclic) bond motifs is 1. The van der Waals surface area contributed by atoms with Gasteiger partial charge in [-0.05, 0) is 51.7 Å². The highest BCUT2D eigenvalue weighted by Crippen LogP contribution is 2.38. The summed E-state index contributed by atoms with van der Waals surface area (Å²) in [5.41, 5.74) is 3.21. The Balaban J connectivity index is 1.51. The van der Waals surface area contributed by atoms with Crippen molar-refractivity contribution in [1.82, 2.24) is 10.3 Å². The standard InChI is InChI=1S/C23H29N3O2S/c1-14-13-29-22(24-14)16(3)25-21(27)18-9-5-6-10-19(18)23(28)26-15(2)12-17-8-4-7-11-20(17)26/h4,7-8,11,13,15-16,18-19H,5-6,9-10,12H2,1-3H3,(H,25,27)/t15-,16-,18+,19-/m0/s1. The molecule has 1 aliphatic carbocycles. The predicted octanol–water partition coefficient (Wildman–Crippen LogP) is 4.41.